The first-order valence-electron chi connectivity index (χ1n) is 8.25. The van der Waals surface area contributed by atoms with Crippen LogP contribution in [0.2, 0.25) is 0 Å². The van der Waals surface area contributed by atoms with Gasteiger partial charge in [-0.25, -0.2) is 0 Å². The average molecular weight is 296 g/mol. The summed E-state index contributed by atoms with van der Waals surface area (Å²) in [6.07, 6.45) is 6.26. The summed E-state index contributed by atoms with van der Waals surface area (Å²) < 4.78 is 5.18. The Morgan fingerprint density at radius 3 is 2.67 bits per heavy atom. The second-order valence-corrected chi connectivity index (χ2v) is 6.22. The maximum atomic E-state index is 12.2. The number of ether oxygens (including phenoxy) is 1. The van der Waals surface area contributed by atoms with Crippen molar-refractivity contribution in [1.82, 2.24) is 9.80 Å². The van der Waals surface area contributed by atoms with E-state index in [4.69, 9.17) is 4.74 Å². The third-order valence-electron chi connectivity index (χ3n) is 4.61. The summed E-state index contributed by atoms with van der Waals surface area (Å²) in [6.45, 7) is 4.13. The first-order valence-corrected chi connectivity index (χ1v) is 8.25. The maximum absolute atomic E-state index is 12.2. The zero-order valence-corrected chi connectivity index (χ0v) is 13.2. The van der Waals surface area contributed by atoms with Crippen molar-refractivity contribution in [3.05, 3.63) is 0 Å². The molecule has 0 aromatic rings. The number of nitrogens with zero attached hydrogens (tertiary/aromatic N) is 2. The summed E-state index contributed by atoms with van der Waals surface area (Å²) in [5.41, 5.74) is 0. The fraction of sp³-hybridized carbons (Fsp3) is 0.875. The number of hydrogen-bond donors (Lipinski definition) is 0. The number of methoxy groups -OCH3 is 1. The number of amides is 2. The van der Waals surface area contributed by atoms with Gasteiger partial charge in [0.1, 0.15) is 0 Å². The third-order valence-corrected chi connectivity index (χ3v) is 4.61. The minimum absolute atomic E-state index is 0.246. The molecule has 0 N–H and O–H groups in total. The molecule has 0 aromatic heterocycles. The van der Waals surface area contributed by atoms with Crippen LogP contribution >= 0.6 is 0 Å². The Hall–Kier alpha value is -1.10. The van der Waals surface area contributed by atoms with Gasteiger partial charge in [0.05, 0.1) is 0 Å². The molecule has 21 heavy (non-hydrogen) atoms. The molecule has 5 nitrogen and oxygen atoms in total. The Bertz CT molecular complexity index is 351. The van der Waals surface area contributed by atoms with E-state index >= 15 is 0 Å². The summed E-state index contributed by atoms with van der Waals surface area (Å²) in [4.78, 5) is 27.8. The fourth-order valence-corrected chi connectivity index (χ4v) is 3.26. The van der Waals surface area contributed by atoms with Gasteiger partial charge >= 0.3 is 0 Å². The van der Waals surface area contributed by atoms with Crippen molar-refractivity contribution in [2.24, 2.45) is 5.92 Å². The lowest BCUT2D eigenvalue weighted by Gasteiger charge is -2.32. The molecule has 2 fully saturated rings. The summed E-state index contributed by atoms with van der Waals surface area (Å²) in [5, 5.41) is 0. The van der Waals surface area contributed by atoms with Crippen LogP contribution < -0.4 is 0 Å². The topological polar surface area (TPSA) is 49.9 Å². The lowest BCUT2D eigenvalue weighted by atomic mass is 9.97. The number of likely N-dealkylation sites (tertiary alicyclic amines) is 2. The van der Waals surface area contributed by atoms with Crippen LogP contribution in [0.15, 0.2) is 0 Å². The molecule has 0 radical (unpaired) electrons. The van der Waals surface area contributed by atoms with Crippen LogP contribution in [-0.4, -0.2) is 61.5 Å². The van der Waals surface area contributed by atoms with E-state index in [9.17, 15) is 9.59 Å². The van der Waals surface area contributed by atoms with Crippen molar-refractivity contribution in [2.75, 3.05) is 39.9 Å². The molecule has 0 saturated carbocycles. The van der Waals surface area contributed by atoms with Gasteiger partial charge in [-0.2, -0.15) is 0 Å². The minimum Gasteiger partial charge on any atom is -0.384 e. The van der Waals surface area contributed by atoms with Crippen LogP contribution in [0.3, 0.4) is 0 Å². The molecule has 0 atom stereocenters. The first-order chi connectivity index (χ1) is 10.2. The second-order valence-electron chi connectivity index (χ2n) is 6.22. The van der Waals surface area contributed by atoms with Gasteiger partial charge in [0, 0.05) is 52.7 Å². The van der Waals surface area contributed by atoms with Gasteiger partial charge in [0.25, 0.3) is 0 Å². The maximum Gasteiger partial charge on any atom is 0.222 e. The Morgan fingerprint density at radius 1 is 1.24 bits per heavy atom. The van der Waals surface area contributed by atoms with E-state index in [2.05, 4.69) is 0 Å². The van der Waals surface area contributed by atoms with Gasteiger partial charge in [-0.05, 0) is 38.0 Å². The fourth-order valence-electron chi connectivity index (χ4n) is 3.26. The van der Waals surface area contributed by atoms with Crippen molar-refractivity contribution < 1.29 is 14.3 Å². The van der Waals surface area contributed by atoms with E-state index in [-0.39, 0.29) is 11.8 Å². The highest BCUT2D eigenvalue weighted by Crippen LogP contribution is 2.18. The molecule has 2 amide bonds. The predicted octanol–water partition coefficient (Wildman–Crippen LogP) is 1.66. The lowest BCUT2D eigenvalue weighted by Crippen LogP contribution is -2.40. The van der Waals surface area contributed by atoms with E-state index in [1.807, 2.05) is 9.80 Å². The van der Waals surface area contributed by atoms with Crippen LogP contribution in [0, 0.1) is 5.92 Å². The van der Waals surface area contributed by atoms with Gasteiger partial charge in [-0.3, -0.25) is 9.59 Å². The molecule has 2 rings (SSSR count). The van der Waals surface area contributed by atoms with Crippen molar-refractivity contribution in [2.45, 2.75) is 44.9 Å². The smallest absolute Gasteiger partial charge is 0.222 e. The van der Waals surface area contributed by atoms with Gasteiger partial charge in [0.2, 0.25) is 11.8 Å². The van der Waals surface area contributed by atoms with E-state index in [1.165, 1.54) is 0 Å². The molecule has 0 bridgehead atoms. The highest BCUT2D eigenvalue weighted by Gasteiger charge is 2.23. The molecule has 0 unspecified atom stereocenters. The third kappa shape index (κ3) is 4.99. The van der Waals surface area contributed by atoms with Gasteiger partial charge in [0.15, 0.2) is 0 Å². The molecule has 5 heteroatoms. The average Bonchev–Trinajstić information content (AvgIpc) is 2.50. The normalized spacial score (nSPS) is 20.9. The summed E-state index contributed by atoms with van der Waals surface area (Å²) in [5.74, 6) is 1.11. The highest BCUT2D eigenvalue weighted by molar-refractivity contribution is 5.77. The monoisotopic (exact) mass is 296 g/mol. The molecular formula is C16H28N2O3. The highest BCUT2D eigenvalue weighted by atomic mass is 16.5. The molecule has 2 aliphatic rings. The quantitative estimate of drug-likeness (QED) is 0.749. The molecule has 120 valence electrons. The summed E-state index contributed by atoms with van der Waals surface area (Å²) in [6, 6.07) is 0. The molecule has 2 heterocycles. The number of piperidine rings is 2. The standard InChI is InChI=1S/C16H28N2O3/c1-21-13-14-7-11-18(12-8-14)16(20)6-4-10-17-9-3-2-5-15(17)19/h14H,2-13H2,1H3. The Balaban J connectivity index is 1.62. The predicted molar refractivity (Wildman–Crippen MR) is 80.8 cm³/mol. The van der Waals surface area contributed by atoms with Crippen LogP contribution in [-0.2, 0) is 14.3 Å². The van der Waals surface area contributed by atoms with Gasteiger partial charge < -0.3 is 14.5 Å². The first kappa shape index (κ1) is 16.3. The van der Waals surface area contributed by atoms with Crippen molar-refractivity contribution in [1.29, 1.82) is 0 Å². The Labute approximate surface area is 127 Å². The van der Waals surface area contributed by atoms with Crippen LogP contribution in [0.5, 0.6) is 0 Å². The van der Waals surface area contributed by atoms with Crippen molar-refractivity contribution in [3.63, 3.8) is 0 Å². The molecule has 0 aromatic carbocycles. The molecular weight excluding hydrogens is 268 g/mol. The number of rotatable bonds is 6. The molecule has 0 spiro atoms. The number of hydrogen-bond acceptors (Lipinski definition) is 3. The summed E-state index contributed by atoms with van der Waals surface area (Å²) in [7, 11) is 1.74. The molecule has 2 aliphatic heterocycles. The molecule has 0 aliphatic carbocycles. The van der Waals surface area contributed by atoms with Gasteiger partial charge in [-0.1, -0.05) is 0 Å². The number of carbonyl (C=O) groups excluding carboxylic acids is 2. The lowest BCUT2D eigenvalue weighted by molar-refractivity contribution is -0.135. The Morgan fingerprint density at radius 2 is 2.00 bits per heavy atom. The zero-order chi connectivity index (χ0) is 15.1. The second kappa shape index (κ2) is 8.37. The van der Waals surface area contributed by atoms with E-state index in [0.717, 1.165) is 64.9 Å². The van der Waals surface area contributed by atoms with Crippen molar-refractivity contribution in [3.8, 4) is 0 Å². The van der Waals surface area contributed by atoms with Crippen LogP contribution in [0.4, 0.5) is 0 Å². The van der Waals surface area contributed by atoms with Crippen molar-refractivity contribution >= 4 is 11.8 Å². The largest absolute Gasteiger partial charge is 0.384 e. The SMILES string of the molecule is COCC1CCN(C(=O)CCCN2CCCCC2=O)CC1. The van der Waals surface area contributed by atoms with E-state index in [0.29, 0.717) is 18.8 Å². The molecule has 2 saturated heterocycles. The van der Waals surface area contributed by atoms with E-state index in [1.54, 1.807) is 7.11 Å². The van der Waals surface area contributed by atoms with E-state index < -0.39 is 0 Å². The van der Waals surface area contributed by atoms with Crippen LogP contribution in [0.1, 0.15) is 44.9 Å². The number of carbonyl (C=O) groups is 2. The van der Waals surface area contributed by atoms with Crippen LogP contribution in [0.25, 0.3) is 0 Å². The summed E-state index contributed by atoms with van der Waals surface area (Å²) >= 11 is 0. The zero-order valence-electron chi connectivity index (χ0n) is 13.2. The Kier molecular flexibility index (Phi) is 6.49. The minimum atomic E-state index is 0.246. The van der Waals surface area contributed by atoms with Gasteiger partial charge in [-0.15, -0.1) is 0 Å².